The summed E-state index contributed by atoms with van der Waals surface area (Å²) in [5.74, 6) is 2.42. The monoisotopic (exact) mass is 358 g/mol. The summed E-state index contributed by atoms with van der Waals surface area (Å²) >= 11 is 0. The predicted molar refractivity (Wildman–Crippen MR) is 96.3 cm³/mol. The minimum atomic E-state index is 0.637. The van der Waals surface area contributed by atoms with Crippen molar-refractivity contribution in [1.29, 1.82) is 0 Å². The second-order valence-corrected chi connectivity index (χ2v) is 7.05. The number of piperidine rings is 1. The van der Waals surface area contributed by atoms with E-state index in [1.54, 1.807) is 14.2 Å². The zero-order valence-electron chi connectivity index (χ0n) is 15.5. The van der Waals surface area contributed by atoms with Crippen LogP contribution in [0.5, 0.6) is 11.5 Å². The van der Waals surface area contributed by atoms with Crippen molar-refractivity contribution in [2.45, 2.75) is 38.4 Å². The molecule has 0 N–H and O–H groups in total. The number of hydrogen-bond acceptors (Lipinski definition) is 7. The summed E-state index contributed by atoms with van der Waals surface area (Å²) in [6.07, 6.45) is 4.83. The number of likely N-dealkylation sites (tertiary alicyclic amines) is 1. The molecule has 0 unspecified atom stereocenters. The molecular weight excluding hydrogens is 332 g/mol. The highest BCUT2D eigenvalue weighted by Crippen LogP contribution is 2.34. The fraction of sp³-hybridized carbons (Fsp3) is 0.579. The molecule has 0 aliphatic carbocycles. The van der Waals surface area contributed by atoms with Gasteiger partial charge in [0.05, 0.1) is 20.8 Å². The van der Waals surface area contributed by atoms with Crippen molar-refractivity contribution in [2.24, 2.45) is 0 Å². The highest BCUT2D eigenvalue weighted by atomic mass is 16.5. The minimum absolute atomic E-state index is 0.637. The van der Waals surface area contributed by atoms with E-state index in [0.29, 0.717) is 6.04 Å². The summed E-state index contributed by atoms with van der Waals surface area (Å²) in [5, 5.41) is 3.91. The maximum atomic E-state index is 5.48. The average molecular weight is 358 g/mol. The average Bonchev–Trinajstić information content (AvgIpc) is 3.20. The van der Waals surface area contributed by atoms with Gasteiger partial charge < -0.3 is 14.0 Å². The standard InChI is InChI=1S/C19H26N4O3/c1-24-17-9-14-3-8-23(11-15(14)10-18(17)25-2)16-4-6-22(7-5-16)12-19-20-13-26-21-19/h9-10,13,16H,3-8,11-12H2,1-2H3. The lowest BCUT2D eigenvalue weighted by Gasteiger charge is -2.40. The van der Waals surface area contributed by atoms with E-state index in [9.17, 15) is 0 Å². The molecule has 1 aromatic heterocycles. The highest BCUT2D eigenvalue weighted by molar-refractivity contribution is 5.48. The summed E-state index contributed by atoms with van der Waals surface area (Å²) < 4.78 is 15.7. The summed E-state index contributed by atoms with van der Waals surface area (Å²) in [4.78, 5) is 9.16. The van der Waals surface area contributed by atoms with Gasteiger partial charge in [0.1, 0.15) is 0 Å². The Hall–Kier alpha value is -2.12. The zero-order chi connectivity index (χ0) is 17.9. The quantitative estimate of drug-likeness (QED) is 0.811. The molecule has 0 spiro atoms. The third-order valence-corrected chi connectivity index (χ3v) is 5.59. The molecule has 1 aromatic carbocycles. The van der Waals surface area contributed by atoms with Gasteiger partial charge >= 0.3 is 0 Å². The van der Waals surface area contributed by atoms with Crippen LogP contribution in [-0.4, -0.2) is 59.8 Å². The number of nitrogens with zero attached hydrogens (tertiary/aromatic N) is 4. The van der Waals surface area contributed by atoms with Crippen molar-refractivity contribution < 1.29 is 14.0 Å². The summed E-state index contributed by atoms with van der Waals surface area (Å²) in [6.45, 7) is 5.04. The van der Waals surface area contributed by atoms with Crippen molar-refractivity contribution >= 4 is 0 Å². The third kappa shape index (κ3) is 3.54. The predicted octanol–water partition coefficient (Wildman–Crippen LogP) is 2.11. The third-order valence-electron chi connectivity index (χ3n) is 5.59. The first-order chi connectivity index (χ1) is 12.8. The molecule has 140 valence electrons. The number of fused-ring (bicyclic) bond motifs is 1. The van der Waals surface area contributed by atoms with Crippen LogP contribution in [0.2, 0.25) is 0 Å². The van der Waals surface area contributed by atoms with Crippen molar-refractivity contribution in [3.05, 3.63) is 35.5 Å². The molecule has 2 aliphatic heterocycles. The molecule has 1 saturated heterocycles. The molecule has 0 saturated carbocycles. The van der Waals surface area contributed by atoms with Crippen molar-refractivity contribution in [1.82, 2.24) is 19.9 Å². The van der Waals surface area contributed by atoms with Gasteiger partial charge in [-0.2, -0.15) is 4.98 Å². The molecule has 1 fully saturated rings. The second-order valence-electron chi connectivity index (χ2n) is 7.05. The lowest BCUT2D eigenvalue weighted by atomic mass is 9.95. The molecule has 0 atom stereocenters. The zero-order valence-corrected chi connectivity index (χ0v) is 15.5. The Balaban J connectivity index is 1.37. The van der Waals surface area contributed by atoms with Gasteiger partial charge in [-0.25, -0.2) is 0 Å². The van der Waals surface area contributed by atoms with Gasteiger partial charge in [0.2, 0.25) is 6.39 Å². The molecule has 2 aliphatic rings. The van der Waals surface area contributed by atoms with Gasteiger partial charge in [0.15, 0.2) is 17.3 Å². The Morgan fingerprint density at radius 2 is 1.81 bits per heavy atom. The lowest BCUT2D eigenvalue weighted by Crippen LogP contribution is -2.46. The van der Waals surface area contributed by atoms with Crippen LogP contribution in [0.3, 0.4) is 0 Å². The largest absolute Gasteiger partial charge is 0.493 e. The molecule has 0 bridgehead atoms. The first-order valence-corrected chi connectivity index (χ1v) is 9.22. The van der Waals surface area contributed by atoms with Gasteiger partial charge in [-0.05, 0) is 42.5 Å². The molecule has 0 amide bonds. The molecule has 7 heteroatoms. The molecule has 3 heterocycles. The van der Waals surface area contributed by atoms with Gasteiger partial charge in [0.25, 0.3) is 0 Å². The molecular formula is C19H26N4O3. The van der Waals surface area contributed by atoms with E-state index in [1.165, 1.54) is 30.4 Å². The van der Waals surface area contributed by atoms with Crippen molar-refractivity contribution in [3.63, 3.8) is 0 Å². The SMILES string of the molecule is COc1cc2c(cc1OC)CN(C1CCN(Cc3ncon3)CC1)CC2. The maximum Gasteiger partial charge on any atom is 0.213 e. The Bertz CT molecular complexity index is 727. The van der Waals surface area contributed by atoms with E-state index < -0.39 is 0 Å². The van der Waals surface area contributed by atoms with Crippen LogP contribution >= 0.6 is 0 Å². The summed E-state index contributed by atoms with van der Waals surface area (Å²) in [7, 11) is 3.39. The van der Waals surface area contributed by atoms with Gasteiger partial charge in [-0.1, -0.05) is 5.16 Å². The highest BCUT2D eigenvalue weighted by Gasteiger charge is 2.28. The summed E-state index contributed by atoms with van der Waals surface area (Å²) in [5.41, 5.74) is 2.75. The Labute approximate surface area is 153 Å². The number of methoxy groups -OCH3 is 2. The number of ether oxygens (including phenoxy) is 2. The number of hydrogen-bond donors (Lipinski definition) is 0. The van der Waals surface area contributed by atoms with Gasteiger partial charge in [0, 0.05) is 32.2 Å². The fourth-order valence-corrected chi connectivity index (χ4v) is 4.12. The van der Waals surface area contributed by atoms with Crippen molar-refractivity contribution in [2.75, 3.05) is 33.9 Å². The van der Waals surface area contributed by atoms with E-state index in [2.05, 4.69) is 32.1 Å². The first kappa shape index (κ1) is 17.3. The van der Waals surface area contributed by atoms with Crippen LogP contribution in [0.25, 0.3) is 0 Å². The molecule has 0 radical (unpaired) electrons. The Morgan fingerprint density at radius 1 is 1.08 bits per heavy atom. The molecule has 7 nitrogen and oxygen atoms in total. The second kappa shape index (κ2) is 7.63. The van der Waals surface area contributed by atoms with Gasteiger partial charge in [-0.15, -0.1) is 0 Å². The normalized spacial score (nSPS) is 19.3. The molecule has 2 aromatic rings. The van der Waals surface area contributed by atoms with E-state index in [0.717, 1.165) is 56.5 Å². The summed E-state index contributed by atoms with van der Waals surface area (Å²) in [6, 6.07) is 4.92. The van der Waals surface area contributed by atoms with Crippen LogP contribution in [0, 0.1) is 0 Å². The van der Waals surface area contributed by atoms with Crippen LogP contribution in [0.15, 0.2) is 23.0 Å². The van der Waals surface area contributed by atoms with Crippen molar-refractivity contribution in [3.8, 4) is 11.5 Å². The van der Waals surface area contributed by atoms with Crippen LogP contribution in [0.1, 0.15) is 29.8 Å². The van der Waals surface area contributed by atoms with Crippen LogP contribution < -0.4 is 9.47 Å². The Morgan fingerprint density at radius 3 is 2.46 bits per heavy atom. The van der Waals surface area contributed by atoms with E-state index in [4.69, 9.17) is 14.0 Å². The Kier molecular flexibility index (Phi) is 5.08. The molecule has 4 rings (SSSR count). The molecule has 26 heavy (non-hydrogen) atoms. The first-order valence-electron chi connectivity index (χ1n) is 9.22. The van der Waals surface area contributed by atoms with E-state index in [-0.39, 0.29) is 0 Å². The minimum Gasteiger partial charge on any atom is -0.493 e. The van der Waals surface area contributed by atoms with E-state index >= 15 is 0 Å². The number of rotatable bonds is 5. The van der Waals surface area contributed by atoms with E-state index in [1.807, 2.05) is 0 Å². The van der Waals surface area contributed by atoms with Crippen LogP contribution in [-0.2, 0) is 19.5 Å². The fourth-order valence-electron chi connectivity index (χ4n) is 4.12. The van der Waals surface area contributed by atoms with Crippen LogP contribution in [0.4, 0.5) is 0 Å². The topological polar surface area (TPSA) is 63.9 Å². The number of benzene rings is 1. The van der Waals surface area contributed by atoms with Gasteiger partial charge in [-0.3, -0.25) is 9.80 Å². The smallest absolute Gasteiger partial charge is 0.213 e. The number of aromatic nitrogens is 2. The lowest BCUT2D eigenvalue weighted by molar-refractivity contribution is 0.0931. The maximum absolute atomic E-state index is 5.48.